The summed E-state index contributed by atoms with van der Waals surface area (Å²) in [5, 5.41) is 6.02. The highest BCUT2D eigenvalue weighted by molar-refractivity contribution is 7.18. The molecular weight excluding hydrogens is 450 g/mol. The van der Waals surface area contributed by atoms with E-state index in [1.807, 2.05) is 34.5 Å². The number of aromatic nitrogens is 1. The number of fused-ring (bicyclic) bond motifs is 1. The highest BCUT2D eigenvalue weighted by Crippen LogP contribution is 2.37. The topological polar surface area (TPSA) is 62.3 Å². The summed E-state index contributed by atoms with van der Waals surface area (Å²) in [6.07, 6.45) is 1.82. The maximum atomic E-state index is 13.4. The van der Waals surface area contributed by atoms with E-state index in [2.05, 4.69) is 11.4 Å². The zero-order valence-electron chi connectivity index (χ0n) is 16.4. The lowest BCUT2D eigenvalue weighted by Gasteiger charge is -2.23. The Balaban J connectivity index is 1.40. The van der Waals surface area contributed by atoms with Crippen molar-refractivity contribution < 1.29 is 9.59 Å². The average molecular weight is 468 g/mol. The van der Waals surface area contributed by atoms with Gasteiger partial charge in [0.15, 0.2) is 0 Å². The van der Waals surface area contributed by atoms with Gasteiger partial charge in [0.1, 0.15) is 5.01 Å². The molecule has 31 heavy (non-hydrogen) atoms. The number of thiophene rings is 1. The molecule has 5 rings (SSSR count). The fraction of sp³-hybridized carbons (Fsp3) is 0.174. The first-order valence-corrected chi connectivity index (χ1v) is 12.0. The van der Waals surface area contributed by atoms with Crippen LogP contribution in [-0.2, 0) is 0 Å². The second kappa shape index (κ2) is 8.42. The molecular formula is C23H18ClN3O2S2. The zero-order chi connectivity index (χ0) is 21.4. The molecule has 2 aromatic carbocycles. The van der Waals surface area contributed by atoms with E-state index >= 15 is 0 Å². The van der Waals surface area contributed by atoms with E-state index < -0.39 is 0 Å². The van der Waals surface area contributed by atoms with E-state index in [9.17, 15) is 9.59 Å². The largest absolute Gasteiger partial charge is 0.329 e. The van der Waals surface area contributed by atoms with Crippen molar-refractivity contribution in [2.24, 2.45) is 0 Å². The van der Waals surface area contributed by atoms with Crippen molar-refractivity contribution >= 4 is 62.0 Å². The van der Waals surface area contributed by atoms with Crippen molar-refractivity contribution in [1.29, 1.82) is 0 Å². The first kappa shape index (κ1) is 20.2. The van der Waals surface area contributed by atoms with Crippen LogP contribution in [0.15, 0.2) is 60.0 Å². The minimum atomic E-state index is -0.241. The van der Waals surface area contributed by atoms with Gasteiger partial charge in [0, 0.05) is 12.1 Å². The van der Waals surface area contributed by atoms with Gasteiger partial charge < -0.3 is 10.2 Å². The van der Waals surface area contributed by atoms with Crippen LogP contribution in [0.2, 0.25) is 5.02 Å². The monoisotopic (exact) mass is 467 g/mol. The lowest BCUT2D eigenvalue weighted by atomic mass is 10.1. The molecule has 2 aromatic heterocycles. The molecule has 0 saturated carbocycles. The van der Waals surface area contributed by atoms with Gasteiger partial charge in [-0.1, -0.05) is 29.8 Å². The fourth-order valence-electron chi connectivity index (χ4n) is 3.81. The number of benzene rings is 2. The third-order valence-electron chi connectivity index (χ3n) is 5.32. The Morgan fingerprint density at radius 2 is 2.00 bits per heavy atom. The average Bonchev–Trinajstić information content (AvgIpc) is 3.54. The minimum absolute atomic E-state index is 0.0373. The molecule has 1 unspecified atom stereocenters. The van der Waals surface area contributed by atoms with E-state index in [1.54, 1.807) is 35.6 Å². The lowest BCUT2D eigenvalue weighted by Crippen LogP contribution is -2.30. The fourth-order valence-corrected chi connectivity index (χ4v) is 5.71. The number of anilines is 1. The Bertz CT molecular complexity index is 1240. The Morgan fingerprint density at radius 3 is 2.81 bits per heavy atom. The van der Waals surface area contributed by atoms with Crippen LogP contribution in [-0.4, -0.2) is 28.2 Å². The predicted octanol–water partition coefficient (Wildman–Crippen LogP) is 6.24. The van der Waals surface area contributed by atoms with Gasteiger partial charge in [0.05, 0.1) is 31.8 Å². The number of carbonyl (C=O) groups excluding carboxylic acids is 2. The summed E-state index contributed by atoms with van der Waals surface area (Å²) >= 11 is 9.28. The third-order valence-corrected chi connectivity index (χ3v) is 7.65. The zero-order valence-corrected chi connectivity index (χ0v) is 18.8. The van der Waals surface area contributed by atoms with Crippen LogP contribution in [0.5, 0.6) is 0 Å². The molecule has 156 valence electrons. The van der Waals surface area contributed by atoms with Crippen molar-refractivity contribution in [1.82, 2.24) is 9.88 Å². The molecule has 5 nitrogen and oxygen atoms in total. The summed E-state index contributed by atoms with van der Waals surface area (Å²) in [6, 6.07) is 16.6. The second-order valence-electron chi connectivity index (χ2n) is 7.30. The van der Waals surface area contributed by atoms with Crippen LogP contribution in [0, 0.1) is 0 Å². The van der Waals surface area contributed by atoms with Gasteiger partial charge in [-0.25, -0.2) is 4.98 Å². The number of hydrogen-bond donors (Lipinski definition) is 1. The van der Waals surface area contributed by atoms with Crippen LogP contribution in [0.4, 0.5) is 5.69 Å². The molecule has 0 spiro atoms. The summed E-state index contributed by atoms with van der Waals surface area (Å²) in [4.78, 5) is 33.0. The van der Waals surface area contributed by atoms with Crippen LogP contribution in [0.3, 0.4) is 0 Å². The second-order valence-corrected chi connectivity index (χ2v) is 9.72. The van der Waals surface area contributed by atoms with E-state index in [-0.39, 0.29) is 17.9 Å². The quantitative estimate of drug-likeness (QED) is 0.386. The van der Waals surface area contributed by atoms with Crippen LogP contribution in [0.25, 0.3) is 10.2 Å². The number of para-hydroxylation sites is 1. The van der Waals surface area contributed by atoms with Crippen LogP contribution in [0.1, 0.15) is 43.9 Å². The Morgan fingerprint density at radius 1 is 1.13 bits per heavy atom. The molecule has 1 N–H and O–H groups in total. The Labute approximate surface area is 192 Å². The summed E-state index contributed by atoms with van der Waals surface area (Å²) in [5.41, 5.74) is 1.90. The highest BCUT2D eigenvalue weighted by Gasteiger charge is 2.33. The molecule has 0 bridgehead atoms. The lowest BCUT2D eigenvalue weighted by molar-refractivity contribution is 0.0735. The highest BCUT2D eigenvalue weighted by atomic mass is 35.5. The Kier molecular flexibility index (Phi) is 5.48. The van der Waals surface area contributed by atoms with E-state index in [4.69, 9.17) is 16.6 Å². The summed E-state index contributed by atoms with van der Waals surface area (Å²) in [5.74, 6) is -0.319. The van der Waals surface area contributed by atoms with Crippen molar-refractivity contribution in [3.63, 3.8) is 0 Å². The van der Waals surface area contributed by atoms with Gasteiger partial charge in [-0.05, 0) is 54.6 Å². The van der Waals surface area contributed by atoms with E-state index in [0.29, 0.717) is 27.7 Å². The Hall–Kier alpha value is -2.74. The van der Waals surface area contributed by atoms with E-state index in [1.165, 1.54) is 11.3 Å². The smallest absolute Gasteiger partial charge is 0.265 e. The van der Waals surface area contributed by atoms with Crippen molar-refractivity contribution in [3.8, 4) is 0 Å². The third kappa shape index (κ3) is 3.96. The molecule has 0 radical (unpaired) electrons. The number of nitrogens with zero attached hydrogens (tertiary/aromatic N) is 2. The molecule has 1 saturated heterocycles. The molecule has 1 aliphatic heterocycles. The van der Waals surface area contributed by atoms with Crippen molar-refractivity contribution in [3.05, 3.63) is 80.4 Å². The molecule has 8 heteroatoms. The summed E-state index contributed by atoms with van der Waals surface area (Å²) in [7, 11) is 0. The number of halogens is 1. The maximum absolute atomic E-state index is 13.4. The number of thiazole rings is 1. The number of carbonyl (C=O) groups is 2. The molecule has 1 aliphatic rings. The standard InChI is InChI=1S/C23H18ClN3O2S2/c24-15-10-9-14(13-17(15)25-21(28)20-8-4-12-30-20)23(29)27-11-3-6-18(27)22-26-16-5-1-2-7-19(16)31-22/h1-2,4-5,7-10,12-13,18H,3,6,11H2,(H,25,28). The number of amides is 2. The molecule has 4 aromatic rings. The van der Waals surface area contributed by atoms with E-state index in [0.717, 1.165) is 28.1 Å². The normalized spacial score (nSPS) is 16.0. The number of nitrogens with one attached hydrogen (secondary N) is 1. The molecule has 2 amide bonds. The van der Waals surface area contributed by atoms with Crippen LogP contribution >= 0.6 is 34.3 Å². The number of hydrogen-bond acceptors (Lipinski definition) is 5. The van der Waals surface area contributed by atoms with Crippen molar-refractivity contribution in [2.45, 2.75) is 18.9 Å². The van der Waals surface area contributed by atoms with Gasteiger partial charge in [-0.15, -0.1) is 22.7 Å². The molecule has 1 fully saturated rings. The van der Waals surface area contributed by atoms with Gasteiger partial charge in [0.2, 0.25) is 0 Å². The number of likely N-dealkylation sites (tertiary alicyclic amines) is 1. The van der Waals surface area contributed by atoms with Crippen molar-refractivity contribution in [2.75, 3.05) is 11.9 Å². The van der Waals surface area contributed by atoms with Gasteiger partial charge >= 0.3 is 0 Å². The summed E-state index contributed by atoms with van der Waals surface area (Å²) in [6.45, 7) is 0.680. The van der Waals surface area contributed by atoms with Gasteiger partial charge in [-0.2, -0.15) is 0 Å². The molecule has 1 atom stereocenters. The summed E-state index contributed by atoms with van der Waals surface area (Å²) < 4.78 is 1.13. The first-order valence-electron chi connectivity index (χ1n) is 9.91. The SMILES string of the molecule is O=C(Nc1cc(C(=O)N2CCCC2c2nc3ccccc3s2)ccc1Cl)c1cccs1. The van der Waals surface area contributed by atoms with Gasteiger partial charge in [0.25, 0.3) is 11.8 Å². The first-order chi connectivity index (χ1) is 15.1. The number of rotatable bonds is 4. The molecule has 0 aliphatic carbocycles. The van der Waals surface area contributed by atoms with Gasteiger partial charge in [-0.3, -0.25) is 9.59 Å². The minimum Gasteiger partial charge on any atom is -0.329 e. The maximum Gasteiger partial charge on any atom is 0.265 e. The van der Waals surface area contributed by atoms with Crippen LogP contribution < -0.4 is 5.32 Å². The predicted molar refractivity (Wildman–Crippen MR) is 126 cm³/mol. The molecule has 3 heterocycles.